The summed E-state index contributed by atoms with van der Waals surface area (Å²) in [4.78, 5) is 3.86. The van der Waals surface area contributed by atoms with Crippen LogP contribution in [-0.4, -0.2) is 77.2 Å². The number of nitrogens with one attached hydrogen (secondary N) is 1. The molecular weight excluding hydrogens is 444 g/mol. The number of hydrogen-bond donors (Lipinski definition) is 1. The summed E-state index contributed by atoms with van der Waals surface area (Å²) in [6, 6.07) is 6.44. The van der Waals surface area contributed by atoms with E-state index >= 15 is 0 Å². The molecule has 0 amide bonds. The molecule has 1 saturated heterocycles. The fourth-order valence-electron chi connectivity index (χ4n) is 4.05. The molecular formula is C21H26F4N6S. The Morgan fingerprint density at radius 1 is 1.25 bits per heavy atom. The molecule has 1 aliphatic heterocycles. The molecule has 4 rings (SSSR count). The van der Waals surface area contributed by atoms with Crippen LogP contribution in [-0.2, 0) is 13.1 Å². The maximum atomic E-state index is 14.6. The normalized spacial score (nSPS) is 20.4. The second-order valence-corrected chi connectivity index (χ2v) is 9.59. The molecule has 1 aromatic carbocycles. The highest BCUT2D eigenvalue weighted by molar-refractivity contribution is 7.14. The number of likely N-dealkylation sites (tertiary alicyclic amines) is 1. The number of fused-ring (bicyclic) bond motifs is 1. The number of anilines is 1. The number of rotatable bonds is 6. The molecule has 32 heavy (non-hydrogen) atoms. The van der Waals surface area contributed by atoms with E-state index in [9.17, 15) is 17.6 Å². The van der Waals surface area contributed by atoms with Crippen molar-refractivity contribution < 1.29 is 17.6 Å². The van der Waals surface area contributed by atoms with E-state index in [1.54, 1.807) is 24.3 Å². The van der Waals surface area contributed by atoms with Crippen LogP contribution >= 0.6 is 11.3 Å². The zero-order valence-corrected chi connectivity index (χ0v) is 19.0. The zero-order valence-electron chi connectivity index (χ0n) is 18.2. The van der Waals surface area contributed by atoms with Crippen molar-refractivity contribution in [2.75, 3.05) is 39.5 Å². The van der Waals surface area contributed by atoms with E-state index in [-0.39, 0.29) is 6.04 Å². The average molecular weight is 471 g/mol. The molecule has 2 aromatic heterocycles. The number of piperidine rings is 1. The zero-order chi connectivity index (χ0) is 23.0. The number of hydrogen-bond acceptors (Lipinski definition) is 6. The minimum absolute atomic E-state index is 0.327. The molecule has 2 atom stereocenters. The van der Waals surface area contributed by atoms with Gasteiger partial charge in [-0.1, -0.05) is 17.4 Å². The summed E-state index contributed by atoms with van der Waals surface area (Å²) in [5, 5.41) is 13.3. The van der Waals surface area contributed by atoms with Gasteiger partial charge in [0.25, 0.3) is 0 Å². The van der Waals surface area contributed by atoms with Gasteiger partial charge in [0.1, 0.15) is 17.7 Å². The van der Waals surface area contributed by atoms with Gasteiger partial charge in [-0.15, -0.1) is 10.2 Å². The van der Waals surface area contributed by atoms with Crippen LogP contribution in [0.5, 0.6) is 0 Å². The number of nitrogens with zero attached hydrogens (tertiary/aromatic N) is 5. The third-order valence-corrected chi connectivity index (χ3v) is 6.44. The second-order valence-electron chi connectivity index (χ2n) is 8.53. The van der Waals surface area contributed by atoms with Gasteiger partial charge in [0.15, 0.2) is 5.01 Å². The minimum Gasteiger partial charge on any atom is -0.379 e. The van der Waals surface area contributed by atoms with Crippen LogP contribution in [0.4, 0.5) is 23.2 Å². The third-order valence-electron chi connectivity index (χ3n) is 5.51. The quantitative estimate of drug-likeness (QED) is 0.547. The predicted octanol–water partition coefficient (Wildman–Crippen LogP) is 4.24. The molecule has 0 spiro atoms. The van der Waals surface area contributed by atoms with E-state index < -0.39 is 18.9 Å². The van der Waals surface area contributed by atoms with E-state index in [1.807, 2.05) is 30.9 Å². The third kappa shape index (κ3) is 5.05. The van der Waals surface area contributed by atoms with Crippen LogP contribution in [0.1, 0.15) is 11.4 Å². The standard InChI is InChI=1S/C21H26F4N6S/c1-29(2)11-19-27-28-20(32-19)18-9-13-15(26-16-7-8-30(3)10-14(16)22)5-4-6-17(13)31(18)12-21(23,24)25/h4-6,9,14,16,26H,7-8,10-12H2,1-3H3. The lowest BCUT2D eigenvalue weighted by molar-refractivity contribution is -0.139. The van der Waals surface area contributed by atoms with E-state index in [2.05, 4.69) is 15.5 Å². The summed E-state index contributed by atoms with van der Waals surface area (Å²) in [7, 11) is 5.65. The summed E-state index contributed by atoms with van der Waals surface area (Å²) in [5.41, 5.74) is 1.41. The smallest absolute Gasteiger partial charge is 0.379 e. The molecule has 0 radical (unpaired) electrons. The lowest BCUT2D eigenvalue weighted by atomic mass is 10.0. The molecule has 3 heterocycles. The number of halogens is 4. The van der Waals surface area contributed by atoms with E-state index in [4.69, 9.17) is 0 Å². The molecule has 0 aliphatic carbocycles. The van der Waals surface area contributed by atoms with Crippen LogP contribution in [0.3, 0.4) is 0 Å². The van der Waals surface area contributed by atoms with Crippen LogP contribution in [0.2, 0.25) is 0 Å². The van der Waals surface area contributed by atoms with E-state index in [1.165, 1.54) is 15.9 Å². The molecule has 6 nitrogen and oxygen atoms in total. The SMILES string of the molecule is CN(C)Cc1nnc(-c2cc3c(NC4CCN(C)CC4F)cccc3n2CC(F)(F)F)s1. The molecule has 2 unspecified atom stereocenters. The monoisotopic (exact) mass is 470 g/mol. The summed E-state index contributed by atoms with van der Waals surface area (Å²) >= 11 is 1.27. The topological polar surface area (TPSA) is 49.2 Å². The average Bonchev–Trinajstić information content (AvgIpc) is 3.28. The van der Waals surface area contributed by atoms with E-state index in [0.717, 1.165) is 11.6 Å². The minimum atomic E-state index is -4.40. The van der Waals surface area contributed by atoms with Gasteiger partial charge in [0.2, 0.25) is 0 Å². The first-order chi connectivity index (χ1) is 15.1. The summed E-state index contributed by atoms with van der Waals surface area (Å²) in [5.74, 6) is 0. The Bertz CT molecular complexity index is 1080. The van der Waals surface area contributed by atoms with Crippen LogP contribution in [0.25, 0.3) is 21.6 Å². The largest absolute Gasteiger partial charge is 0.406 e. The van der Waals surface area contributed by atoms with Crippen molar-refractivity contribution in [1.82, 2.24) is 24.6 Å². The van der Waals surface area contributed by atoms with Gasteiger partial charge in [-0.2, -0.15) is 13.2 Å². The molecule has 3 aromatic rings. The first-order valence-corrected chi connectivity index (χ1v) is 11.2. The van der Waals surface area contributed by atoms with Crippen molar-refractivity contribution >= 4 is 27.9 Å². The van der Waals surface area contributed by atoms with Crippen molar-refractivity contribution in [3.63, 3.8) is 0 Å². The van der Waals surface area contributed by atoms with Gasteiger partial charge in [-0.05, 0) is 45.8 Å². The maximum absolute atomic E-state index is 14.6. The predicted molar refractivity (Wildman–Crippen MR) is 119 cm³/mol. The molecule has 1 aliphatic rings. The fraction of sp³-hybridized carbons (Fsp3) is 0.524. The molecule has 174 valence electrons. The molecule has 1 N–H and O–H groups in total. The summed E-state index contributed by atoms with van der Waals surface area (Å²) < 4.78 is 56.2. The fourth-order valence-corrected chi connectivity index (χ4v) is 5.03. The van der Waals surface area contributed by atoms with Gasteiger partial charge >= 0.3 is 6.18 Å². The summed E-state index contributed by atoms with van der Waals surface area (Å²) in [6.07, 6.45) is -4.84. The summed E-state index contributed by atoms with van der Waals surface area (Å²) in [6.45, 7) is 0.497. The van der Waals surface area contributed by atoms with Gasteiger partial charge in [-0.25, -0.2) is 4.39 Å². The van der Waals surface area contributed by atoms with Crippen LogP contribution in [0.15, 0.2) is 24.3 Å². The first-order valence-electron chi connectivity index (χ1n) is 10.4. The van der Waals surface area contributed by atoms with Gasteiger partial charge in [-0.3, -0.25) is 0 Å². The van der Waals surface area contributed by atoms with Crippen LogP contribution in [0, 0.1) is 0 Å². The Hall–Kier alpha value is -2.24. The highest BCUT2D eigenvalue weighted by atomic mass is 32.1. The first kappa shape index (κ1) is 22.9. The Kier molecular flexibility index (Phi) is 6.42. The van der Waals surface area contributed by atoms with Crippen molar-refractivity contribution in [1.29, 1.82) is 0 Å². The number of benzene rings is 1. The second kappa shape index (κ2) is 8.95. The van der Waals surface area contributed by atoms with Gasteiger partial charge in [0, 0.05) is 24.2 Å². The van der Waals surface area contributed by atoms with Crippen LogP contribution < -0.4 is 5.32 Å². The lowest BCUT2D eigenvalue weighted by Crippen LogP contribution is -2.46. The Morgan fingerprint density at radius 3 is 2.72 bits per heavy atom. The molecule has 11 heteroatoms. The lowest BCUT2D eigenvalue weighted by Gasteiger charge is -2.33. The van der Waals surface area contributed by atoms with Crippen molar-refractivity contribution in [3.05, 3.63) is 29.3 Å². The van der Waals surface area contributed by atoms with Crippen molar-refractivity contribution in [2.45, 2.75) is 37.9 Å². The van der Waals surface area contributed by atoms with Crippen molar-refractivity contribution in [2.24, 2.45) is 0 Å². The number of aromatic nitrogens is 3. The Labute approximate surface area is 187 Å². The van der Waals surface area contributed by atoms with Gasteiger partial charge < -0.3 is 19.7 Å². The maximum Gasteiger partial charge on any atom is 0.406 e. The number of alkyl halides is 4. The molecule has 0 bridgehead atoms. The highest BCUT2D eigenvalue weighted by Gasteiger charge is 2.32. The Balaban J connectivity index is 1.75. The van der Waals surface area contributed by atoms with E-state index in [0.29, 0.717) is 46.8 Å². The Morgan fingerprint density at radius 2 is 2.03 bits per heavy atom. The highest BCUT2D eigenvalue weighted by Crippen LogP contribution is 2.36. The van der Waals surface area contributed by atoms with Gasteiger partial charge in [0.05, 0.1) is 23.8 Å². The van der Waals surface area contributed by atoms with Crippen molar-refractivity contribution in [3.8, 4) is 10.7 Å². The molecule has 1 fully saturated rings. The molecule has 0 saturated carbocycles.